The Bertz CT molecular complexity index is 1230. The fourth-order valence-corrected chi connectivity index (χ4v) is 4.77. The molecular weight excluding hydrogens is 480 g/mol. The van der Waals surface area contributed by atoms with Gasteiger partial charge in [0.05, 0.1) is 20.0 Å². The summed E-state index contributed by atoms with van der Waals surface area (Å²) < 4.78 is 12.5. The van der Waals surface area contributed by atoms with Gasteiger partial charge in [0.25, 0.3) is 0 Å². The number of carbonyl (C=O) groups is 1. The fourth-order valence-electron chi connectivity index (χ4n) is 3.17. The molecule has 0 saturated carbocycles. The smallest absolute Gasteiger partial charge is 0.234 e. The first-order chi connectivity index (χ1) is 16.1. The van der Waals surface area contributed by atoms with E-state index in [0.717, 1.165) is 11.5 Å². The molecule has 4 aromatic rings. The van der Waals surface area contributed by atoms with Gasteiger partial charge in [0, 0.05) is 33.8 Å². The van der Waals surface area contributed by atoms with Crippen LogP contribution >= 0.6 is 34.7 Å². The minimum Gasteiger partial charge on any atom is -0.493 e. The summed E-state index contributed by atoms with van der Waals surface area (Å²) in [5.74, 6) is 1.93. The van der Waals surface area contributed by atoms with Gasteiger partial charge >= 0.3 is 0 Å². The van der Waals surface area contributed by atoms with Gasteiger partial charge in [-0.15, -0.1) is 21.5 Å². The first kappa shape index (κ1) is 23.2. The van der Waals surface area contributed by atoms with Gasteiger partial charge in [0.2, 0.25) is 5.91 Å². The maximum Gasteiger partial charge on any atom is 0.234 e. The molecule has 7 nitrogen and oxygen atoms in total. The summed E-state index contributed by atoms with van der Waals surface area (Å²) in [4.78, 5) is 13.8. The molecule has 10 heteroatoms. The first-order valence-corrected chi connectivity index (χ1v) is 12.2. The monoisotopic (exact) mass is 500 g/mol. The molecule has 0 spiro atoms. The number of benzene rings is 2. The molecule has 0 saturated heterocycles. The first-order valence-electron chi connectivity index (χ1n) is 9.94. The predicted molar refractivity (Wildman–Crippen MR) is 132 cm³/mol. The van der Waals surface area contributed by atoms with Crippen LogP contribution in [0.25, 0.3) is 5.69 Å². The van der Waals surface area contributed by atoms with E-state index >= 15 is 0 Å². The Labute approximate surface area is 204 Å². The summed E-state index contributed by atoms with van der Waals surface area (Å²) in [6.07, 6.45) is 0.645. The zero-order chi connectivity index (χ0) is 23.2. The van der Waals surface area contributed by atoms with E-state index in [1.54, 1.807) is 43.8 Å². The molecule has 33 heavy (non-hydrogen) atoms. The summed E-state index contributed by atoms with van der Waals surface area (Å²) in [6, 6.07) is 16.8. The van der Waals surface area contributed by atoms with E-state index in [1.165, 1.54) is 16.6 Å². The minimum absolute atomic E-state index is 0.166. The van der Waals surface area contributed by atoms with Crippen molar-refractivity contribution < 1.29 is 14.3 Å². The molecule has 0 radical (unpaired) electrons. The van der Waals surface area contributed by atoms with E-state index in [-0.39, 0.29) is 11.7 Å². The number of methoxy groups -OCH3 is 2. The third kappa shape index (κ3) is 5.68. The predicted octanol–water partition coefficient (Wildman–Crippen LogP) is 5.32. The van der Waals surface area contributed by atoms with Crippen molar-refractivity contribution in [2.24, 2.45) is 0 Å². The van der Waals surface area contributed by atoms with Crippen LogP contribution in [-0.4, -0.2) is 40.6 Å². The lowest BCUT2D eigenvalue weighted by Crippen LogP contribution is -2.14. The van der Waals surface area contributed by atoms with Crippen LogP contribution in [0.1, 0.15) is 10.7 Å². The lowest BCUT2D eigenvalue weighted by Gasteiger charge is -2.11. The van der Waals surface area contributed by atoms with Crippen molar-refractivity contribution in [2.75, 3.05) is 25.3 Å². The highest BCUT2D eigenvalue weighted by Gasteiger charge is 2.17. The van der Waals surface area contributed by atoms with Crippen molar-refractivity contribution in [3.05, 3.63) is 75.7 Å². The quantitative estimate of drug-likeness (QED) is 0.313. The Balaban J connectivity index is 1.51. The summed E-state index contributed by atoms with van der Waals surface area (Å²) in [5.41, 5.74) is 1.51. The number of nitrogens with one attached hydrogen (secondary N) is 1. The van der Waals surface area contributed by atoms with Gasteiger partial charge in [-0.2, -0.15) is 0 Å². The Morgan fingerprint density at radius 1 is 1.09 bits per heavy atom. The zero-order valence-corrected chi connectivity index (χ0v) is 20.3. The Morgan fingerprint density at radius 2 is 1.88 bits per heavy atom. The van der Waals surface area contributed by atoms with E-state index in [9.17, 15) is 4.79 Å². The molecule has 1 N–H and O–H groups in total. The molecular formula is C23H21ClN4O3S2. The summed E-state index contributed by atoms with van der Waals surface area (Å²) in [7, 11) is 3.12. The number of thiophene rings is 1. The molecule has 0 atom stereocenters. The van der Waals surface area contributed by atoms with Gasteiger partial charge < -0.3 is 14.8 Å². The van der Waals surface area contributed by atoms with Crippen LogP contribution in [0.2, 0.25) is 5.02 Å². The number of hydrogen-bond acceptors (Lipinski definition) is 7. The third-order valence-corrected chi connectivity index (χ3v) is 6.75. The summed E-state index contributed by atoms with van der Waals surface area (Å²) in [6.45, 7) is 0. The average molecular weight is 501 g/mol. The number of aromatic nitrogens is 3. The number of anilines is 1. The number of ether oxygens (including phenoxy) is 2. The van der Waals surface area contributed by atoms with Crippen LogP contribution in [0, 0.1) is 0 Å². The summed E-state index contributed by atoms with van der Waals surface area (Å²) >= 11 is 9.06. The second-order valence-corrected chi connectivity index (χ2v) is 9.28. The van der Waals surface area contributed by atoms with E-state index in [4.69, 9.17) is 21.1 Å². The highest BCUT2D eigenvalue weighted by atomic mass is 35.5. The SMILES string of the molecule is COc1ccc(NC(=O)CSc2nnc(Cc3cccs3)n2-c2ccc(Cl)cc2)cc1OC. The molecule has 0 aliphatic carbocycles. The van der Waals surface area contributed by atoms with Crippen LogP contribution in [0.15, 0.2) is 65.1 Å². The molecule has 0 aliphatic heterocycles. The molecule has 1 amide bonds. The molecule has 4 rings (SSSR count). The van der Waals surface area contributed by atoms with E-state index in [0.29, 0.717) is 33.8 Å². The van der Waals surface area contributed by atoms with Crippen molar-refractivity contribution in [2.45, 2.75) is 11.6 Å². The third-order valence-electron chi connectivity index (χ3n) is 4.70. The average Bonchev–Trinajstić information content (AvgIpc) is 3.48. The van der Waals surface area contributed by atoms with Crippen molar-refractivity contribution in [3.8, 4) is 17.2 Å². The highest BCUT2D eigenvalue weighted by Crippen LogP contribution is 2.30. The maximum atomic E-state index is 12.6. The lowest BCUT2D eigenvalue weighted by molar-refractivity contribution is -0.113. The van der Waals surface area contributed by atoms with Gasteiger partial charge in [-0.3, -0.25) is 9.36 Å². The maximum absolute atomic E-state index is 12.6. The number of amides is 1. The molecule has 0 fully saturated rings. The van der Waals surface area contributed by atoms with Crippen molar-refractivity contribution >= 4 is 46.3 Å². The van der Waals surface area contributed by atoms with E-state index < -0.39 is 0 Å². The lowest BCUT2D eigenvalue weighted by atomic mass is 10.2. The van der Waals surface area contributed by atoms with Crippen LogP contribution in [0.3, 0.4) is 0 Å². The summed E-state index contributed by atoms with van der Waals surface area (Å²) in [5, 5.41) is 14.9. The fraction of sp³-hybridized carbons (Fsp3) is 0.174. The second kappa shape index (κ2) is 10.7. The van der Waals surface area contributed by atoms with E-state index in [2.05, 4.69) is 21.6 Å². The van der Waals surface area contributed by atoms with Gasteiger partial charge in [0.15, 0.2) is 16.7 Å². The molecule has 0 unspecified atom stereocenters. The standard InChI is InChI=1S/C23H21ClN4O3S2/c1-30-19-10-7-16(12-20(19)31-2)25-22(29)14-33-23-27-26-21(13-18-4-3-11-32-18)28(23)17-8-5-15(24)6-9-17/h3-12H,13-14H2,1-2H3,(H,25,29). The number of rotatable bonds is 9. The number of carbonyl (C=O) groups excluding carboxylic acids is 1. The van der Waals surface area contributed by atoms with Crippen LogP contribution in [0.5, 0.6) is 11.5 Å². The number of halogens is 1. The van der Waals surface area contributed by atoms with Crippen LogP contribution < -0.4 is 14.8 Å². The molecule has 2 heterocycles. The van der Waals surface area contributed by atoms with Gasteiger partial charge in [-0.25, -0.2) is 0 Å². The topological polar surface area (TPSA) is 78.3 Å². The van der Waals surface area contributed by atoms with Crippen molar-refractivity contribution in [1.29, 1.82) is 0 Å². The van der Waals surface area contributed by atoms with Crippen molar-refractivity contribution in [3.63, 3.8) is 0 Å². The van der Waals surface area contributed by atoms with E-state index in [1.807, 2.05) is 40.3 Å². The van der Waals surface area contributed by atoms with Gasteiger partial charge in [-0.1, -0.05) is 29.4 Å². The van der Waals surface area contributed by atoms with Crippen LogP contribution in [-0.2, 0) is 11.2 Å². The number of thioether (sulfide) groups is 1. The largest absolute Gasteiger partial charge is 0.493 e. The molecule has 2 aromatic heterocycles. The second-order valence-electron chi connectivity index (χ2n) is 6.87. The normalized spacial score (nSPS) is 10.8. The molecule has 0 aliphatic rings. The van der Waals surface area contributed by atoms with Crippen LogP contribution in [0.4, 0.5) is 5.69 Å². The van der Waals surface area contributed by atoms with Gasteiger partial charge in [-0.05, 0) is 47.8 Å². The number of hydrogen-bond donors (Lipinski definition) is 1. The number of nitrogens with zero attached hydrogens (tertiary/aromatic N) is 3. The van der Waals surface area contributed by atoms with Crippen molar-refractivity contribution in [1.82, 2.24) is 14.8 Å². The Hall–Kier alpha value is -3.01. The Morgan fingerprint density at radius 3 is 2.58 bits per heavy atom. The van der Waals surface area contributed by atoms with Gasteiger partial charge in [0.1, 0.15) is 5.82 Å². The molecule has 170 valence electrons. The zero-order valence-electron chi connectivity index (χ0n) is 17.9. The molecule has 2 aromatic carbocycles. The Kier molecular flexibility index (Phi) is 7.54. The minimum atomic E-state index is -0.169. The highest BCUT2D eigenvalue weighted by molar-refractivity contribution is 7.99. The molecule has 0 bridgehead atoms.